The molecule has 2 aliphatic heterocycles. The van der Waals surface area contributed by atoms with Crippen molar-refractivity contribution < 1.29 is 14.0 Å². The molecule has 1 aromatic rings. The first-order chi connectivity index (χ1) is 14.5. The molecule has 2 atom stereocenters. The molecular weight excluding hydrogens is 381 g/mol. The van der Waals surface area contributed by atoms with Gasteiger partial charge in [0.25, 0.3) is 5.91 Å². The van der Waals surface area contributed by atoms with Crippen LogP contribution in [-0.2, 0) is 4.79 Å². The van der Waals surface area contributed by atoms with Crippen LogP contribution in [0.5, 0.6) is 0 Å². The van der Waals surface area contributed by atoms with E-state index >= 15 is 0 Å². The molecule has 2 amide bonds. The minimum absolute atomic E-state index is 0.0560. The molecule has 2 saturated heterocycles. The minimum atomic E-state index is -0.387. The number of amides is 2. The Hall–Kier alpha value is -1.95. The summed E-state index contributed by atoms with van der Waals surface area (Å²) in [6.07, 6.45) is 8.08. The highest BCUT2D eigenvalue weighted by atomic mass is 19.1. The number of likely N-dealkylation sites (tertiary alicyclic amines) is 1. The standard InChI is InChI=1S/C24H34FN3O2/c1-18-7-4-5-12-28(18)24(30)22(19-8-2-3-9-19)26-13-15-27(16-14-26)23(29)20-10-6-11-21(25)17-20/h6,10-11,17-19,22H,2-5,7-9,12-16H2,1H3/t18-,22-/m0/s1. The molecule has 30 heavy (non-hydrogen) atoms. The zero-order valence-electron chi connectivity index (χ0n) is 18.1. The van der Waals surface area contributed by atoms with Crippen LogP contribution in [-0.4, -0.2) is 71.3 Å². The van der Waals surface area contributed by atoms with Crippen molar-refractivity contribution in [3.63, 3.8) is 0 Å². The van der Waals surface area contributed by atoms with Crippen LogP contribution < -0.4 is 0 Å². The van der Waals surface area contributed by atoms with Crippen LogP contribution in [0, 0.1) is 11.7 Å². The number of piperidine rings is 1. The van der Waals surface area contributed by atoms with Crippen LogP contribution in [0.1, 0.15) is 62.2 Å². The third-order valence-corrected chi connectivity index (χ3v) is 7.25. The smallest absolute Gasteiger partial charge is 0.254 e. The molecule has 6 heteroatoms. The fourth-order valence-corrected chi connectivity index (χ4v) is 5.53. The van der Waals surface area contributed by atoms with Gasteiger partial charge in [-0.15, -0.1) is 0 Å². The van der Waals surface area contributed by atoms with E-state index in [0.29, 0.717) is 49.6 Å². The lowest BCUT2D eigenvalue weighted by atomic mass is 9.92. The molecule has 0 bridgehead atoms. The summed E-state index contributed by atoms with van der Waals surface area (Å²) in [5, 5.41) is 0. The van der Waals surface area contributed by atoms with Crippen molar-refractivity contribution in [3.8, 4) is 0 Å². The number of carbonyl (C=O) groups excluding carboxylic acids is 2. The second kappa shape index (κ2) is 9.46. The van der Waals surface area contributed by atoms with Gasteiger partial charge in [0.2, 0.25) is 5.91 Å². The number of nitrogens with zero attached hydrogens (tertiary/aromatic N) is 3. The maximum atomic E-state index is 13.6. The lowest BCUT2D eigenvalue weighted by Gasteiger charge is -2.44. The third-order valence-electron chi connectivity index (χ3n) is 7.25. The third kappa shape index (κ3) is 4.53. The molecule has 0 spiro atoms. The average Bonchev–Trinajstić information content (AvgIpc) is 3.28. The predicted molar refractivity (Wildman–Crippen MR) is 115 cm³/mol. The number of hydrogen-bond donors (Lipinski definition) is 0. The topological polar surface area (TPSA) is 43.9 Å². The number of halogens is 1. The van der Waals surface area contributed by atoms with Gasteiger partial charge >= 0.3 is 0 Å². The largest absolute Gasteiger partial charge is 0.339 e. The van der Waals surface area contributed by atoms with Crippen LogP contribution in [0.2, 0.25) is 0 Å². The van der Waals surface area contributed by atoms with Gasteiger partial charge in [-0.3, -0.25) is 14.5 Å². The summed E-state index contributed by atoms with van der Waals surface area (Å²) >= 11 is 0. The number of carbonyl (C=O) groups is 2. The lowest BCUT2D eigenvalue weighted by molar-refractivity contribution is -0.143. The highest BCUT2D eigenvalue weighted by Gasteiger charge is 2.40. The van der Waals surface area contributed by atoms with Crippen molar-refractivity contribution in [1.29, 1.82) is 0 Å². The molecule has 1 aromatic carbocycles. The summed E-state index contributed by atoms with van der Waals surface area (Å²) in [4.78, 5) is 32.7. The SMILES string of the molecule is C[C@H]1CCCCN1C(=O)[C@H](C1CCCC1)N1CCN(C(=O)c2cccc(F)c2)CC1. The van der Waals surface area contributed by atoms with Crippen molar-refractivity contribution in [2.45, 2.75) is 64.0 Å². The van der Waals surface area contributed by atoms with E-state index in [1.54, 1.807) is 17.0 Å². The Bertz CT molecular complexity index is 757. The number of benzene rings is 1. The maximum absolute atomic E-state index is 13.6. The Morgan fingerprint density at radius 3 is 2.33 bits per heavy atom. The molecule has 3 fully saturated rings. The molecule has 0 N–H and O–H groups in total. The second-order valence-corrected chi connectivity index (χ2v) is 9.20. The summed E-state index contributed by atoms with van der Waals surface area (Å²) in [6.45, 7) is 5.63. The number of hydrogen-bond acceptors (Lipinski definition) is 3. The van der Waals surface area contributed by atoms with E-state index in [0.717, 1.165) is 32.2 Å². The summed E-state index contributed by atoms with van der Waals surface area (Å²) in [5.74, 6) is 0.223. The van der Waals surface area contributed by atoms with Gasteiger partial charge < -0.3 is 9.80 Å². The fraction of sp³-hybridized carbons (Fsp3) is 0.667. The first-order valence-corrected chi connectivity index (χ1v) is 11.6. The summed E-state index contributed by atoms with van der Waals surface area (Å²) in [7, 11) is 0. The van der Waals surface area contributed by atoms with E-state index in [-0.39, 0.29) is 17.8 Å². The molecule has 0 radical (unpaired) electrons. The van der Waals surface area contributed by atoms with Gasteiger partial charge in [0.05, 0.1) is 6.04 Å². The zero-order valence-corrected chi connectivity index (χ0v) is 18.1. The van der Waals surface area contributed by atoms with Gasteiger partial charge in [-0.1, -0.05) is 18.9 Å². The highest BCUT2D eigenvalue weighted by Crippen LogP contribution is 2.33. The molecular formula is C24H34FN3O2. The van der Waals surface area contributed by atoms with Gasteiger partial charge in [0, 0.05) is 44.3 Å². The Morgan fingerprint density at radius 2 is 1.67 bits per heavy atom. The van der Waals surface area contributed by atoms with Gasteiger partial charge in [0.15, 0.2) is 0 Å². The van der Waals surface area contributed by atoms with Crippen LogP contribution in [0.25, 0.3) is 0 Å². The minimum Gasteiger partial charge on any atom is -0.339 e. The van der Waals surface area contributed by atoms with Crippen molar-refractivity contribution in [2.75, 3.05) is 32.7 Å². The molecule has 5 nitrogen and oxygen atoms in total. The van der Waals surface area contributed by atoms with E-state index < -0.39 is 0 Å². The van der Waals surface area contributed by atoms with Gasteiger partial charge in [0.1, 0.15) is 5.82 Å². The zero-order chi connectivity index (χ0) is 21.1. The van der Waals surface area contributed by atoms with E-state index in [1.807, 2.05) is 0 Å². The molecule has 3 aliphatic rings. The van der Waals surface area contributed by atoms with Gasteiger partial charge in [-0.05, 0) is 63.1 Å². The Kier molecular flexibility index (Phi) is 6.71. The summed E-state index contributed by atoms with van der Waals surface area (Å²) < 4.78 is 13.5. The number of piperazine rings is 1. The lowest BCUT2D eigenvalue weighted by Crippen LogP contribution is -2.60. The molecule has 1 saturated carbocycles. The second-order valence-electron chi connectivity index (χ2n) is 9.20. The highest BCUT2D eigenvalue weighted by molar-refractivity contribution is 5.94. The summed E-state index contributed by atoms with van der Waals surface area (Å²) in [6, 6.07) is 6.17. The van der Waals surface area contributed by atoms with E-state index in [1.165, 1.54) is 31.4 Å². The molecule has 164 valence electrons. The first-order valence-electron chi connectivity index (χ1n) is 11.6. The Labute approximate surface area is 179 Å². The predicted octanol–water partition coefficient (Wildman–Crippen LogP) is 3.54. The normalized spacial score (nSPS) is 24.8. The monoisotopic (exact) mass is 415 g/mol. The maximum Gasteiger partial charge on any atom is 0.254 e. The average molecular weight is 416 g/mol. The van der Waals surface area contributed by atoms with E-state index in [9.17, 15) is 14.0 Å². The quantitative estimate of drug-likeness (QED) is 0.756. The molecule has 0 unspecified atom stereocenters. The van der Waals surface area contributed by atoms with Crippen molar-refractivity contribution >= 4 is 11.8 Å². The molecule has 0 aromatic heterocycles. The van der Waals surface area contributed by atoms with Crippen LogP contribution in [0.4, 0.5) is 4.39 Å². The van der Waals surface area contributed by atoms with Crippen LogP contribution in [0.15, 0.2) is 24.3 Å². The van der Waals surface area contributed by atoms with Crippen LogP contribution >= 0.6 is 0 Å². The van der Waals surface area contributed by atoms with Gasteiger partial charge in [-0.2, -0.15) is 0 Å². The molecule has 1 aliphatic carbocycles. The molecule has 4 rings (SSSR count). The van der Waals surface area contributed by atoms with Crippen LogP contribution in [0.3, 0.4) is 0 Å². The van der Waals surface area contributed by atoms with Gasteiger partial charge in [-0.25, -0.2) is 4.39 Å². The molecule has 2 heterocycles. The van der Waals surface area contributed by atoms with Crippen molar-refractivity contribution in [2.24, 2.45) is 5.92 Å². The first kappa shape index (κ1) is 21.3. The Morgan fingerprint density at radius 1 is 0.967 bits per heavy atom. The van der Waals surface area contributed by atoms with Crippen molar-refractivity contribution in [3.05, 3.63) is 35.6 Å². The summed E-state index contributed by atoms with van der Waals surface area (Å²) in [5.41, 5.74) is 0.397. The fourth-order valence-electron chi connectivity index (χ4n) is 5.53. The van der Waals surface area contributed by atoms with E-state index in [4.69, 9.17) is 0 Å². The Balaban J connectivity index is 1.44. The number of rotatable bonds is 4. The van der Waals surface area contributed by atoms with E-state index in [2.05, 4.69) is 16.7 Å². The van der Waals surface area contributed by atoms with Crippen molar-refractivity contribution in [1.82, 2.24) is 14.7 Å².